The van der Waals surface area contributed by atoms with Crippen molar-refractivity contribution in [3.63, 3.8) is 0 Å². The van der Waals surface area contributed by atoms with Gasteiger partial charge in [0.25, 0.3) is 5.91 Å². The van der Waals surface area contributed by atoms with E-state index >= 15 is 0 Å². The second-order valence-corrected chi connectivity index (χ2v) is 4.62. The van der Waals surface area contributed by atoms with Crippen LogP contribution in [0.2, 0.25) is 0 Å². The van der Waals surface area contributed by atoms with Gasteiger partial charge in [-0.1, -0.05) is 17.9 Å². The number of hydrogen-bond donors (Lipinski definition) is 2. The predicted octanol–water partition coefficient (Wildman–Crippen LogP) is 2.25. The zero-order chi connectivity index (χ0) is 15.1. The molecular weight excluding hydrogens is 266 g/mol. The number of amides is 1. The van der Waals surface area contributed by atoms with Crippen LogP contribution in [0.5, 0.6) is 0 Å². The summed E-state index contributed by atoms with van der Waals surface area (Å²) >= 11 is 0. The molecule has 0 aliphatic rings. The van der Waals surface area contributed by atoms with E-state index in [0.29, 0.717) is 18.5 Å². The maximum atomic E-state index is 12.2. The Hall–Kier alpha value is -2.51. The lowest BCUT2D eigenvalue weighted by Gasteiger charge is -2.07. The fourth-order valence-electron chi connectivity index (χ4n) is 1.84. The molecule has 0 radical (unpaired) electrons. The Labute approximate surface area is 123 Å². The summed E-state index contributed by atoms with van der Waals surface area (Å²) in [5.41, 5.74) is 3.18. The zero-order valence-electron chi connectivity index (χ0n) is 11.8. The molecule has 0 bridgehead atoms. The summed E-state index contributed by atoms with van der Waals surface area (Å²) in [5.74, 6) is 5.64. The van der Waals surface area contributed by atoms with Gasteiger partial charge in [-0.05, 0) is 30.7 Å². The Bertz CT molecular complexity index is 663. The van der Waals surface area contributed by atoms with Crippen molar-refractivity contribution >= 4 is 5.91 Å². The Balaban J connectivity index is 2.09. The van der Waals surface area contributed by atoms with Crippen molar-refractivity contribution < 1.29 is 14.3 Å². The minimum Gasteiger partial charge on any atom is -0.472 e. The normalized spacial score (nSPS) is 9.81. The highest BCUT2D eigenvalue weighted by Crippen LogP contribution is 2.11. The molecule has 1 aromatic heterocycles. The van der Waals surface area contributed by atoms with Gasteiger partial charge in [0.15, 0.2) is 0 Å². The second kappa shape index (κ2) is 7.32. The molecule has 1 aromatic carbocycles. The third-order valence-electron chi connectivity index (χ3n) is 2.98. The monoisotopic (exact) mass is 283 g/mol. The number of hydrogen-bond acceptors (Lipinski definition) is 3. The minimum atomic E-state index is -0.139. The van der Waals surface area contributed by atoms with E-state index in [-0.39, 0.29) is 12.5 Å². The average Bonchev–Trinajstić information content (AvgIpc) is 3.00. The molecule has 2 N–H and O–H groups in total. The van der Waals surface area contributed by atoms with Gasteiger partial charge >= 0.3 is 0 Å². The lowest BCUT2D eigenvalue weighted by molar-refractivity contribution is 0.0950. The number of furan rings is 1. The lowest BCUT2D eigenvalue weighted by atomic mass is 10.0. The predicted molar refractivity (Wildman–Crippen MR) is 79.6 cm³/mol. The molecule has 0 saturated heterocycles. The first-order chi connectivity index (χ1) is 10.2. The van der Waals surface area contributed by atoms with E-state index in [0.717, 1.165) is 16.7 Å². The Morgan fingerprint density at radius 2 is 2.24 bits per heavy atom. The highest BCUT2D eigenvalue weighted by molar-refractivity contribution is 5.95. The van der Waals surface area contributed by atoms with E-state index in [4.69, 9.17) is 9.52 Å². The largest absolute Gasteiger partial charge is 0.472 e. The molecule has 2 rings (SSSR count). The summed E-state index contributed by atoms with van der Waals surface area (Å²) in [7, 11) is 0. The van der Waals surface area contributed by atoms with Crippen molar-refractivity contribution in [2.24, 2.45) is 0 Å². The fourth-order valence-corrected chi connectivity index (χ4v) is 1.84. The molecule has 21 heavy (non-hydrogen) atoms. The van der Waals surface area contributed by atoms with Crippen molar-refractivity contribution in [1.82, 2.24) is 5.32 Å². The maximum Gasteiger partial charge on any atom is 0.251 e. The van der Waals surface area contributed by atoms with Crippen LogP contribution in [0, 0.1) is 18.8 Å². The molecule has 0 atom stereocenters. The van der Waals surface area contributed by atoms with Crippen molar-refractivity contribution in [2.75, 3.05) is 6.61 Å². The highest BCUT2D eigenvalue weighted by atomic mass is 16.3. The average molecular weight is 283 g/mol. The van der Waals surface area contributed by atoms with Crippen LogP contribution < -0.4 is 5.32 Å². The van der Waals surface area contributed by atoms with Crippen molar-refractivity contribution in [3.8, 4) is 11.8 Å². The summed E-state index contributed by atoms with van der Waals surface area (Å²) in [4.78, 5) is 12.2. The van der Waals surface area contributed by atoms with Gasteiger partial charge in [0.1, 0.15) is 0 Å². The van der Waals surface area contributed by atoms with Crippen LogP contribution in [0.25, 0.3) is 0 Å². The van der Waals surface area contributed by atoms with E-state index in [9.17, 15) is 4.79 Å². The molecule has 0 spiro atoms. The first kappa shape index (κ1) is 14.9. The Morgan fingerprint density at radius 3 is 2.95 bits per heavy atom. The van der Waals surface area contributed by atoms with Crippen LogP contribution in [0.15, 0.2) is 41.2 Å². The molecule has 4 nitrogen and oxygen atoms in total. The van der Waals surface area contributed by atoms with Gasteiger partial charge in [0, 0.05) is 29.7 Å². The van der Waals surface area contributed by atoms with Gasteiger partial charge in [-0.15, -0.1) is 0 Å². The van der Waals surface area contributed by atoms with Crippen LogP contribution in [-0.2, 0) is 6.54 Å². The Kier molecular flexibility index (Phi) is 5.19. The van der Waals surface area contributed by atoms with Gasteiger partial charge in [-0.3, -0.25) is 4.79 Å². The summed E-state index contributed by atoms with van der Waals surface area (Å²) in [6.45, 7) is 2.35. The zero-order valence-corrected chi connectivity index (χ0v) is 11.8. The fraction of sp³-hybridized carbons (Fsp3) is 0.235. The van der Waals surface area contributed by atoms with E-state index in [1.165, 1.54) is 0 Å². The van der Waals surface area contributed by atoms with Crippen molar-refractivity contribution in [2.45, 2.75) is 19.9 Å². The van der Waals surface area contributed by atoms with E-state index in [2.05, 4.69) is 17.2 Å². The van der Waals surface area contributed by atoms with Crippen molar-refractivity contribution in [3.05, 3.63) is 59.0 Å². The molecule has 2 aromatic rings. The number of benzene rings is 1. The van der Waals surface area contributed by atoms with Gasteiger partial charge in [0.05, 0.1) is 19.1 Å². The minimum absolute atomic E-state index is 0.0386. The highest BCUT2D eigenvalue weighted by Gasteiger charge is 2.09. The molecule has 0 aliphatic carbocycles. The molecule has 0 saturated carbocycles. The first-order valence-electron chi connectivity index (χ1n) is 6.70. The van der Waals surface area contributed by atoms with Crippen LogP contribution in [0.4, 0.5) is 0 Å². The smallest absolute Gasteiger partial charge is 0.251 e. The van der Waals surface area contributed by atoms with E-state index in [1.807, 2.05) is 25.1 Å². The quantitative estimate of drug-likeness (QED) is 0.846. The molecule has 0 unspecified atom stereocenters. The topological polar surface area (TPSA) is 62.5 Å². The Morgan fingerprint density at radius 1 is 1.38 bits per heavy atom. The SMILES string of the molecule is Cc1ccc(C#CCCO)cc1C(=O)NCc1ccoc1. The number of carbonyl (C=O) groups excluding carboxylic acids is 1. The number of carbonyl (C=O) groups is 1. The van der Waals surface area contributed by atoms with E-state index in [1.54, 1.807) is 18.6 Å². The van der Waals surface area contributed by atoms with Crippen LogP contribution >= 0.6 is 0 Å². The number of aryl methyl sites for hydroxylation is 1. The lowest BCUT2D eigenvalue weighted by Crippen LogP contribution is -2.23. The number of aliphatic hydroxyl groups excluding tert-OH is 1. The van der Waals surface area contributed by atoms with Crippen LogP contribution in [0.3, 0.4) is 0 Å². The van der Waals surface area contributed by atoms with Crippen LogP contribution in [-0.4, -0.2) is 17.6 Å². The first-order valence-corrected chi connectivity index (χ1v) is 6.70. The standard InChI is InChI=1S/C17H17NO3/c1-13-5-6-14(4-2-3-8-19)10-16(13)17(20)18-11-15-7-9-21-12-15/h5-7,9-10,12,19H,3,8,11H2,1H3,(H,18,20). The molecule has 0 aliphatic heterocycles. The van der Waals surface area contributed by atoms with Gasteiger partial charge in [-0.25, -0.2) is 0 Å². The maximum absolute atomic E-state index is 12.2. The summed E-state index contributed by atoms with van der Waals surface area (Å²) in [6.07, 6.45) is 3.60. The van der Waals surface area contributed by atoms with Gasteiger partial charge in [0.2, 0.25) is 0 Å². The molecule has 108 valence electrons. The summed E-state index contributed by atoms with van der Waals surface area (Å²) in [5, 5.41) is 11.6. The summed E-state index contributed by atoms with van der Waals surface area (Å²) in [6, 6.07) is 7.32. The summed E-state index contributed by atoms with van der Waals surface area (Å²) < 4.78 is 4.96. The molecule has 4 heteroatoms. The van der Waals surface area contributed by atoms with Gasteiger partial charge in [-0.2, -0.15) is 0 Å². The molecule has 1 heterocycles. The third-order valence-corrected chi connectivity index (χ3v) is 2.98. The number of rotatable bonds is 4. The molecular formula is C17H17NO3. The third kappa shape index (κ3) is 4.23. The number of aliphatic hydroxyl groups is 1. The van der Waals surface area contributed by atoms with Gasteiger partial charge < -0.3 is 14.8 Å². The van der Waals surface area contributed by atoms with Crippen LogP contribution in [0.1, 0.15) is 33.5 Å². The molecule has 1 amide bonds. The van der Waals surface area contributed by atoms with E-state index < -0.39 is 0 Å². The molecule has 0 fully saturated rings. The second-order valence-electron chi connectivity index (χ2n) is 4.62. The van der Waals surface area contributed by atoms with Crippen molar-refractivity contribution in [1.29, 1.82) is 0 Å². The number of nitrogens with one attached hydrogen (secondary N) is 1.